The molecule has 4 rings (SSSR count). The average molecular weight is 358 g/mol. The Morgan fingerprint density at radius 2 is 1.88 bits per heavy atom. The van der Waals surface area contributed by atoms with Gasteiger partial charge in [0.05, 0.1) is 0 Å². The molecular formula is C19H30N6O. The topological polar surface area (TPSA) is 64.6 Å². The summed E-state index contributed by atoms with van der Waals surface area (Å²) in [5, 5.41) is 3.03. The quantitative estimate of drug-likeness (QED) is 0.865. The maximum Gasteiger partial charge on any atom is 0.225 e. The third-order valence-electron chi connectivity index (χ3n) is 6.30. The molecule has 1 N–H and O–H groups in total. The van der Waals surface area contributed by atoms with E-state index in [2.05, 4.69) is 37.0 Å². The molecule has 4 heterocycles. The van der Waals surface area contributed by atoms with Crippen LogP contribution in [0.1, 0.15) is 37.7 Å². The summed E-state index contributed by atoms with van der Waals surface area (Å²) in [6, 6.07) is 0. The van der Waals surface area contributed by atoms with E-state index in [0.29, 0.717) is 6.42 Å². The number of likely N-dealkylation sites (N-methyl/N-ethyl adjacent to an activating group) is 1. The smallest absolute Gasteiger partial charge is 0.225 e. The van der Waals surface area contributed by atoms with Crippen molar-refractivity contribution in [2.24, 2.45) is 0 Å². The van der Waals surface area contributed by atoms with Gasteiger partial charge in [-0.25, -0.2) is 9.97 Å². The van der Waals surface area contributed by atoms with Crippen LogP contribution >= 0.6 is 0 Å². The molecule has 1 aromatic rings. The number of nitrogens with zero attached hydrogens (tertiary/aromatic N) is 5. The molecule has 0 bridgehead atoms. The van der Waals surface area contributed by atoms with Crippen LogP contribution in [-0.4, -0.2) is 77.5 Å². The first-order valence-corrected chi connectivity index (χ1v) is 9.91. The minimum Gasteiger partial charge on any atom is -0.356 e. The van der Waals surface area contributed by atoms with E-state index in [1.165, 1.54) is 18.4 Å². The highest BCUT2D eigenvalue weighted by Crippen LogP contribution is 2.31. The maximum atomic E-state index is 11.8. The zero-order valence-electron chi connectivity index (χ0n) is 15.8. The zero-order valence-corrected chi connectivity index (χ0v) is 15.8. The number of amides is 1. The van der Waals surface area contributed by atoms with Crippen molar-refractivity contribution in [3.05, 3.63) is 18.0 Å². The van der Waals surface area contributed by atoms with Gasteiger partial charge in [-0.05, 0) is 32.7 Å². The predicted octanol–water partition coefficient (Wildman–Crippen LogP) is 0.863. The van der Waals surface area contributed by atoms with Crippen molar-refractivity contribution in [2.75, 3.05) is 51.2 Å². The molecule has 0 radical (unpaired) electrons. The van der Waals surface area contributed by atoms with Crippen LogP contribution in [0.15, 0.2) is 12.4 Å². The van der Waals surface area contributed by atoms with Gasteiger partial charge in [-0.2, -0.15) is 0 Å². The first kappa shape index (κ1) is 17.7. The van der Waals surface area contributed by atoms with E-state index in [9.17, 15) is 4.79 Å². The standard InChI is InChI=1S/C19H30N6O/c1-23-10-11-24(15-19(23)5-4-17(26)20-7-6-19)14-16-12-21-18(22-13-16)25-8-2-3-9-25/h12-13H,2-11,14-15H2,1H3,(H,20,26)/t19-/m0/s1. The Bertz CT molecular complexity index is 629. The second-order valence-electron chi connectivity index (χ2n) is 8.04. The van der Waals surface area contributed by atoms with Crippen LogP contribution in [0.5, 0.6) is 0 Å². The van der Waals surface area contributed by atoms with Crippen molar-refractivity contribution in [1.29, 1.82) is 0 Å². The minimum atomic E-state index is 0.105. The highest BCUT2D eigenvalue weighted by Gasteiger charge is 2.40. The summed E-state index contributed by atoms with van der Waals surface area (Å²) < 4.78 is 0. The van der Waals surface area contributed by atoms with E-state index < -0.39 is 0 Å². The number of hydrogen-bond acceptors (Lipinski definition) is 6. The lowest BCUT2D eigenvalue weighted by molar-refractivity contribution is -0.121. The monoisotopic (exact) mass is 358 g/mol. The number of carbonyl (C=O) groups is 1. The third kappa shape index (κ3) is 3.69. The van der Waals surface area contributed by atoms with Crippen LogP contribution in [0.4, 0.5) is 5.95 Å². The molecule has 0 unspecified atom stereocenters. The Labute approximate surface area is 155 Å². The van der Waals surface area contributed by atoms with Crippen molar-refractivity contribution in [2.45, 2.75) is 44.2 Å². The van der Waals surface area contributed by atoms with E-state index in [4.69, 9.17) is 0 Å². The highest BCUT2D eigenvalue weighted by molar-refractivity contribution is 5.76. The fraction of sp³-hybridized carbons (Fsp3) is 0.737. The fourth-order valence-corrected chi connectivity index (χ4v) is 4.58. The Morgan fingerprint density at radius 1 is 1.12 bits per heavy atom. The molecule has 7 heteroatoms. The molecule has 142 valence electrons. The molecule has 1 spiro atoms. The summed E-state index contributed by atoms with van der Waals surface area (Å²) in [6.45, 7) is 6.92. The van der Waals surface area contributed by atoms with Crippen LogP contribution in [0.2, 0.25) is 0 Å². The first-order valence-electron chi connectivity index (χ1n) is 9.91. The Kier molecular flexibility index (Phi) is 5.09. The predicted molar refractivity (Wildman–Crippen MR) is 101 cm³/mol. The molecule has 0 aromatic carbocycles. The van der Waals surface area contributed by atoms with Crippen LogP contribution in [0, 0.1) is 0 Å². The van der Waals surface area contributed by atoms with Gasteiger partial charge in [-0.1, -0.05) is 0 Å². The largest absolute Gasteiger partial charge is 0.356 e. The van der Waals surface area contributed by atoms with Gasteiger partial charge in [0.15, 0.2) is 0 Å². The van der Waals surface area contributed by atoms with Gasteiger partial charge < -0.3 is 10.2 Å². The average Bonchev–Trinajstić information content (AvgIpc) is 3.12. The van der Waals surface area contributed by atoms with Crippen molar-refractivity contribution >= 4 is 11.9 Å². The highest BCUT2D eigenvalue weighted by atomic mass is 16.1. The second-order valence-corrected chi connectivity index (χ2v) is 8.04. The lowest BCUT2D eigenvalue weighted by atomic mass is 9.86. The van der Waals surface area contributed by atoms with E-state index in [1.54, 1.807) is 0 Å². The number of carbonyl (C=O) groups excluding carboxylic acids is 1. The third-order valence-corrected chi connectivity index (χ3v) is 6.30. The lowest BCUT2D eigenvalue weighted by Crippen LogP contribution is -2.60. The van der Waals surface area contributed by atoms with Crippen LogP contribution in [-0.2, 0) is 11.3 Å². The summed E-state index contributed by atoms with van der Waals surface area (Å²) in [5.41, 5.74) is 1.28. The summed E-state index contributed by atoms with van der Waals surface area (Å²) in [5.74, 6) is 1.06. The molecule has 7 nitrogen and oxygen atoms in total. The van der Waals surface area contributed by atoms with Gasteiger partial charge in [0.2, 0.25) is 11.9 Å². The fourth-order valence-electron chi connectivity index (χ4n) is 4.58. The maximum absolute atomic E-state index is 11.8. The molecule has 3 aliphatic rings. The molecule has 3 aliphatic heterocycles. The summed E-state index contributed by atoms with van der Waals surface area (Å²) in [7, 11) is 2.21. The Hall–Kier alpha value is -1.73. The number of hydrogen-bond donors (Lipinski definition) is 1. The van der Waals surface area contributed by atoms with Crippen LogP contribution < -0.4 is 10.2 Å². The molecule has 3 saturated heterocycles. The van der Waals surface area contributed by atoms with Crippen molar-refractivity contribution < 1.29 is 4.79 Å². The molecule has 3 fully saturated rings. The molecule has 1 amide bonds. The molecule has 26 heavy (non-hydrogen) atoms. The Morgan fingerprint density at radius 3 is 2.65 bits per heavy atom. The number of nitrogens with one attached hydrogen (secondary N) is 1. The summed E-state index contributed by atoms with van der Waals surface area (Å²) >= 11 is 0. The van der Waals surface area contributed by atoms with E-state index in [0.717, 1.165) is 64.6 Å². The first-order chi connectivity index (χ1) is 12.6. The summed E-state index contributed by atoms with van der Waals surface area (Å²) in [6.07, 6.45) is 9.06. The van der Waals surface area contributed by atoms with E-state index in [1.807, 2.05) is 12.4 Å². The van der Waals surface area contributed by atoms with Crippen LogP contribution in [0.3, 0.4) is 0 Å². The van der Waals surface area contributed by atoms with Crippen LogP contribution in [0.25, 0.3) is 0 Å². The molecule has 0 aliphatic carbocycles. The van der Waals surface area contributed by atoms with Gasteiger partial charge in [-0.3, -0.25) is 14.6 Å². The summed E-state index contributed by atoms with van der Waals surface area (Å²) in [4.78, 5) is 28.2. The second kappa shape index (κ2) is 7.48. The number of piperazine rings is 1. The molecule has 1 atom stereocenters. The molecular weight excluding hydrogens is 328 g/mol. The van der Waals surface area contributed by atoms with Gasteiger partial charge in [0.1, 0.15) is 0 Å². The van der Waals surface area contributed by atoms with Gasteiger partial charge in [0, 0.05) is 75.7 Å². The van der Waals surface area contributed by atoms with Crippen molar-refractivity contribution in [3.8, 4) is 0 Å². The lowest BCUT2D eigenvalue weighted by Gasteiger charge is -2.49. The normalized spacial score (nSPS) is 28.3. The number of anilines is 1. The van der Waals surface area contributed by atoms with Crippen molar-refractivity contribution in [3.63, 3.8) is 0 Å². The van der Waals surface area contributed by atoms with Crippen molar-refractivity contribution in [1.82, 2.24) is 25.1 Å². The Balaban J connectivity index is 1.40. The molecule has 0 saturated carbocycles. The number of aromatic nitrogens is 2. The van der Waals surface area contributed by atoms with Gasteiger partial charge in [0.25, 0.3) is 0 Å². The van der Waals surface area contributed by atoms with Gasteiger partial charge >= 0.3 is 0 Å². The number of rotatable bonds is 3. The SMILES string of the molecule is CN1CCN(Cc2cnc(N3CCCC3)nc2)C[C@]12CCNC(=O)CC2. The molecule has 1 aromatic heterocycles. The van der Waals surface area contributed by atoms with Gasteiger partial charge in [-0.15, -0.1) is 0 Å². The van der Waals surface area contributed by atoms with E-state index >= 15 is 0 Å². The minimum absolute atomic E-state index is 0.105. The zero-order chi connectivity index (χ0) is 18.0. The van der Waals surface area contributed by atoms with E-state index in [-0.39, 0.29) is 11.4 Å².